The topological polar surface area (TPSA) is 68.3 Å². The van der Waals surface area contributed by atoms with E-state index < -0.39 is 0 Å². The summed E-state index contributed by atoms with van der Waals surface area (Å²) in [6.07, 6.45) is 1.84. The molecule has 0 aromatic carbocycles. The van der Waals surface area contributed by atoms with E-state index in [1.807, 2.05) is 10.6 Å². The van der Waals surface area contributed by atoms with E-state index in [4.69, 9.17) is 11.6 Å². The van der Waals surface area contributed by atoms with Crippen molar-refractivity contribution in [2.24, 2.45) is 14.1 Å². The highest BCUT2D eigenvalue weighted by molar-refractivity contribution is 6.29. The number of imidazole rings is 1. The molecule has 0 N–H and O–H groups in total. The third-order valence-corrected chi connectivity index (χ3v) is 4.82. The summed E-state index contributed by atoms with van der Waals surface area (Å²) in [6.45, 7) is 5.70. The Morgan fingerprint density at radius 3 is 2.36 bits per heavy atom. The second-order valence-electron chi connectivity index (χ2n) is 6.48. The summed E-state index contributed by atoms with van der Waals surface area (Å²) in [5.41, 5.74) is 0.109. The average molecular weight is 367 g/mol. The Bertz CT molecular complexity index is 942. The molecule has 1 aliphatic heterocycles. The molecule has 3 rings (SSSR count). The Morgan fingerprint density at radius 1 is 1.12 bits per heavy atom. The van der Waals surface area contributed by atoms with Gasteiger partial charge in [0.1, 0.15) is 0 Å². The van der Waals surface area contributed by atoms with E-state index in [9.17, 15) is 9.59 Å². The zero-order valence-corrected chi connectivity index (χ0v) is 15.7. The third-order valence-electron chi connectivity index (χ3n) is 4.67. The van der Waals surface area contributed by atoms with Crippen molar-refractivity contribution in [1.82, 2.24) is 23.6 Å². The van der Waals surface area contributed by atoms with Gasteiger partial charge >= 0.3 is 5.69 Å². The molecule has 1 saturated heterocycles. The van der Waals surface area contributed by atoms with Gasteiger partial charge in [-0.25, -0.2) is 4.79 Å². The van der Waals surface area contributed by atoms with Crippen LogP contribution in [-0.4, -0.2) is 56.8 Å². The largest absolute Gasteiger partial charge is 0.340 e. The standard InChI is InChI=1S/C16H23ClN6O2/c1-11(17)5-6-23-12-13(20(3)16(25)21(4)14(12)24)18-15(23)22-9-7-19(2)8-10-22/h5H,6-10H2,1-4H3. The molecule has 2 aromatic rings. The van der Waals surface area contributed by atoms with Gasteiger partial charge in [0.15, 0.2) is 11.2 Å². The molecule has 0 radical (unpaired) electrons. The van der Waals surface area contributed by atoms with Crippen molar-refractivity contribution in [2.45, 2.75) is 13.5 Å². The Morgan fingerprint density at radius 2 is 1.76 bits per heavy atom. The fourth-order valence-corrected chi connectivity index (χ4v) is 3.14. The minimum atomic E-state index is -0.379. The zero-order chi connectivity index (χ0) is 18.3. The molecule has 0 amide bonds. The first-order chi connectivity index (χ1) is 11.8. The molecular weight excluding hydrogens is 344 g/mol. The van der Waals surface area contributed by atoms with Gasteiger partial charge < -0.3 is 14.4 Å². The maximum Gasteiger partial charge on any atom is 0.332 e. The summed E-state index contributed by atoms with van der Waals surface area (Å²) in [5.74, 6) is 0.704. The van der Waals surface area contributed by atoms with E-state index >= 15 is 0 Å². The van der Waals surface area contributed by atoms with Crippen molar-refractivity contribution < 1.29 is 0 Å². The van der Waals surface area contributed by atoms with Gasteiger partial charge in [0.05, 0.1) is 0 Å². The van der Waals surface area contributed by atoms with E-state index in [1.165, 1.54) is 11.6 Å². The first-order valence-electron chi connectivity index (χ1n) is 8.23. The summed E-state index contributed by atoms with van der Waals surface area (Å²) < 4.78 is 4.39. The fraction of sp³-hybridized carbons (Fsp3) is 0.562. The molecule has 3 heterocycles. The van der Waals surface area contributed by atoms with Gasteiger partial charge in [0.25, 0.3) is 5.56 Å². The summed E-state index contributed by atoms with van der Waals surface area (Å²) in [4.78, 5) is 34.0. The summed E-state index contributed by atoms with van der Waals surface area (Å²) in [7, 11) is 5.21. The first-order valence-corrected chi connectivity index (χ1v) is 8.61. The number of fused-ring (bicyclic) bond motifs is 1. The molecular formula is C16H23ClN6O2. The summed E-state index contributed by atoms with van der Waals surface area (Å²) in [5, 5.41) is 0.646. The Kier molecular flexibility index (Phi) is 4.75. The van der Waals surface area contributed by atoms with Crippen molar-refractivity contribution in [3.63, 3.8) is 0 Å². The van der Waals surface area contributed by atoms with Gasteiger partial charge in [-0.1, -0.05) is 17.7 Å². The first kappa shape index (κ1) is 17.8. The number of anilines is 1. The number of nitrogens with zero attached hydrogens (tertiary/aromatic N) is 6. The lowest BCUT2D eigenvalue weighted by atomic mass is 10.3. The second-order valence-corrected chi connectivity index (χ2v) is 7.08. The number of hydrogen-bond acceptors (Lipinski definition) is 5. The van der Waals surface area contributed by atoms with Gasteiger partial charge in [-0.05, 0) is 14.0 Å². The van der Waals surface area contributed by atoms with Crippen LogP contribution in [0.15, 0.2) is 20.7 Å². The van der Waals surface area contributed by atoms with Crippen LogP contribution in [0.3, 0.4) is 0 Å². The second kappa shape index (κ2) is 6.68. The highest BCUT2D eigenvalue weighted by atomic mass is 35.5. The smallest absolute Gasteiger partial charge is 0.332 e. The molecule has 9 heteroatoms. The normalized spacial score (nSPS) is 16.8. The lowest BCUT2D eigenvalue weighted by Gasteiger charge is -2.33. The minimum Gasteiger partial charge on any atom is -0.340 e. The average Bonchev–Trinajstić information content (AvgIpc) is 2.96. The number of halogens is 1. The number of allylic oxidation sites excluding steroid dienone is 2. The van der Waals surface area contributed by atoms with E-state index in [2.05, 4.69) is 21.8 Å². The molecule has 0 atom stereocenters. The van der Waals surface area contributed by atoms with E-state index in [0.717, 1.165) is 30.7 Å². The fourth-order valence-electron chi connectivity index (χ4n) is 3.07. The van der Waals surface area contributed by atoms with Gasteiger partial charge in [-0.2, -0.15) is 4.98 Å². The van der Waals surface area contributed by atoms with Crippen LogP contribution in [-0.2, 0) is 20.6 Å². The SMILES string of the molecule is CC(Cl)=CCn1c(N2CCN(C)CC2)nc2c1c(=O)n(C)c(=O)n2C. The van der Waals surface area contributed by atoms with Crippen LogP contribution in [0.25, 0.3) is 11.2 Å². The Labute approximate surface area is 150 Å². The molecule has 1 fully saturated rings. The molecule has 2 aromatic heterocycles. The van der Waals surface area contributed by atoms with Crippen LogP contribution in [0, 0.1) is 0 Å². The quantitative estimate of drug-likeness (QED) is 0.783. The zero-order valence-electron chi connectivity index (χ0n) is 15.0. The predicted octanol–water partition coefficient (Wildman–Crippen LogP) is 0.328. The van der Waals surface area contributed by atoms with E-state index in [1.54, 1.807) is 14.0 Å². The molecule has 0 bridgehead atoms. The molecule has 136 valence electrons. The van der Waals surface area contributed by atoms with Crippen LogP contribution in [0.2, 0.25) is 0 Å². The maximum atomic E-state index is 12.7. The van der Waals surface area contributed by atoms with Crippen molar-refractivity contribution in [3.8, 4) is 0 Å². The number of likely N-dealkylation sites (N-methyl/N-ethyl adjacent to an activating group) is 1. The molecule has 0 saturated carbocycles. The minimum absolute atomic E-state index is 0.341. The van der Waals surface area contributed by atoms with E-state index in [0.29, 0.717) is 28.7 Å². The van der Waals surface area contributed by atoms with Gasteiger partial charge in [-0.15, -0.1) is 0 Å². The molecule has 25 heavy (non-hydrogen) atoms. The molecule has 0 aliphatic carbocycles. The number of rotatable bonds is 3. The summed E-state index contributed by atoms with van der Waals surface area (Å²) in [6, 6.07) is 0. The van der Waals surface area contributed by atoms with Crippen molar-refractivity contribution >= 4 is 28.7 Å². The molecule has 8 nitrogen and oxygen atoms in total. The summed E-state index contributed by atoms with van der Waals surface area (Å²) >= 11 is 6.00. The van der Waals surface area contributed by atoms with E-state index in [-0.39, 0.29) is 11.2 Å². The number of hydrogen-bond donors (Lipinski definition) is 0. The third kappa shape index (κ3) is 3.11. The van der Waals surface area contributed by atoms with Crippen molar-refractivity contribution in [3.05, 3.63) is 31.9 Å². The lowest BCUT2D eigenvalue weighted by molar-refractivity contribution is 0.310. The van der Waals surface area contributed by atoms with Crippen molar-refractivity contribution in [2.75, 3.05) is 38.1 Å². The van der Waals surface area contributed by atoms with Gasteiger partial charge in [0, 0.05) is 51.9 Å². The Hall–Kier alpha value is -2.06. The Balaban J connectivity index is 2.25. The van der Waals surface area contributed by atoms with Crippen LogP contribution in [0.5, 0.6) is 0 Å². The number of piperazine rings is 1. The van der Waals surface area contributed by atoms with Crippen LogP contribution < -0.4 is 16.1 Å². The molecule has 0 unspecified atom stereocenters. The molecule has 1 aliphatic rings. The number of aryl methyl sites for hydroxylation is 1. The number of aromatic nitrogens is 4. The highest BCUT2D eigenvalue weighted by Gasteiger charge is 2.24. The lowest BCUT2D eigenvalue weighted by Crippen LogP contribution is -2.45. The highest BCUT2D eigenvalue weighted by Crippen LogP contribution is 2.21. The monoisotopic (exact) mass is 366 g/mol. The predicted molar refractivity (Wildman–Crippen MR) is 99.5 cm³/mol. The van der Waals surface area contributed by atoms with Gasteiger partial charge in [-0.3, -0.25) is 13.9 Å². The molecule has 0 spiro atoms. The van der Waals surface area contributed by atoms with Crippen LogP contribution in [0.4, 0.5) is 5.95 Å². The van der Waals surface area contributed by atoms with Crippen LogP contribution >= 0.6 is 11.6 Å². The van der Waals surface area contributed by atoms with Crippen molar-refractivity contribution in [1.29, 1.82) is 0 Å². The van der Waals surface area contributed by atoms with Gasteiger partial charge in [0.2, 0.25) is 5.95 Å². The van der Waals surface area contributed by atoms with Crippen LogP contribution in [0.1, 0.15) is 6.92 Å². The maximum absolute atomic E-state index is 12.7.